The van der Waals surface area contributed by atoms with E-state index in [1.54, 1.807) is 19.4 Å². The van der Waals surface area contributed by atoms with Crippen molar-refractivity contribution in [3.8, 4) is 22.8 Å². The molecule has 0 aliphatic carbocycles. The third-order valence-corrected chi connectivity index (χ3v) is 6.96. The molecule has 9 nitrogen and oxygen atoms in total. The van der Waals surface area contributed by atoms with E-state index in [1.807, 2.05) is 60.7 Å². The molecule has 1 atom stereocenters. The number of carbonyl (C=O) groups excluding carboxylic acids is 1. The monoisotopic (exact) mass is 520 g/mol. The van der Waals surface area contributed by atoms with Crippen LogP contribution >= 0.6 is 0 Å². The van der Waals surface area contributed by atoms with Crippen molar-refractivity contribution in [1.82, 2.24) is 25.3 Å². The molecule has 0 spiro atoms. The number of anilines is 1. The number of aromatic nitrogens is 4. The first-order valence-corrected chi connectivity index (χ1v) is 12.8. The largest absolute Gasteiger partial charge is 0.496 e. The number of benzene rings is 3. The van der Waals surface area contributed by atoms with Gasteiger partial charge in [-0.1, -0.05) is 24.3 Å². The van der Waals surface area contributed by atoms with E-state index in [9.17, 15) is 4.79 Å². The number of hydrogen-bond donors (Lipinski definition) is 3. The Morgan fingerprint density at radius 3 is 2.90 bits per heavy atom. The summed E-state index contributed by atoms with van der Waals surface area (Å²) in [6, 6.07) is 21.2. The van der Waals surface area contributed by atoms with Crippen LogP contribution in [0, 0.1) is 0 Å². The van der Waals surface area contributed by atoms with Crippen LogP contribution in [0.1, 0.15) is 33.2 Å². The minimum Gasteiger partial charge on any atom is -0.496 e. The highest BCUT2D eigenvalue weighted by Gasteiger charge is 2.25. The zero-order valence-electron chi connectivity index (χ0n) is 21.5. The summed E-state index contributed by atoms with van der Waals surface area (Å²) in [5, 5.41) is 3.02. The number of aromatic amines is 1. The van der Waals surface area contributed by atoms with E-state index in [4.69, 9.17) is 20.2 Å². The van der Waals surface area contributed by atoms with E-state index < -0.39 is 0 Å². The number of hydrogen-bond acceptors (Lipinski definition) is 7. The van der Waals surface area contributed by atoms with Crippen molar-refractivity contribution >= 4 is 22.9 Å². The molecule has 1 amide bonds. The fourth-order valence-electron chi connectivity index (χ4n) is 4.95. The van der Waals surface area contributed by atoms with Gasteiger partial charge in [0.05, 0.1) is 36.4 Å². The predicted molar refractivity (Wildman–Crippen MR) is 149 cm³/mol. The summed E-state index contributed by atoms with van der Waals surface area (Å²) in [6.45, 7) is 1.02. The van der Waals surface area contributed by atoms with Crippen molar-refractivity contribution in [3.63, 3.8) is 0 Å². The minimum atomic E-state index is -0.114. The molecule has 6 rings (SSSR count). The van der Waals surface area contributed by atoms with Gasteiger partial charge in [0.1, 0.15) is 17.3 Å². The Bertz CT molecular complexity index is 1660. The van der Waals surface area contributed by atoms with Crippen molar-refractivity contribution < 1.29 is 14.3 Å². The molecule has 0 radical (unpaired) electrons. The van der Waals surface area contributed by atoms with Crippen LogP contribution in [0.15, 0.2) is 72.9 Å². The first-order valence-electron chi connectivity index (χ1n) is 12.8. The fourth-order valence-corrected chi connectivity index (χ4v) is 4.95. The first kappa shape index (κ1) is 24.4. The Kier molecular flexibility index (Phi) is 6.54. The van der Waals surface area contributed by atoms with E-state index in [1.165, 1.54) is 0 Å². The van der Waals surface area contributed by atoms with Crippen molar-refractivity contribution in [2.75, 3.05) is 26.0 Å². The lowest BCUT2D eigenvalue weighted by Crippen LogP contribution is -2.26. The second-order valence-electron chi connectivity index (χ2n) is 9.51. The molecular weight excluding hydrogens is 492 g/mol. The molecule has 9 heteroatoms. The Labute approximate surface area is 225 Å². The lowest BCUT2D eigenvalue weighted by Gasteiger charge is -2.24. The van der Waals surface area contributed by atoms with Gasteiger partial charge in [-0.15, -0.1) is 0 Å². The van der Waals surface area contributed by atoms with Crippen molar-refractivity contribution in [3.05, 3.63) is 95.4 Å². The Hall–Kier alpha value is -4.92. The maximum atomic E-state index is 12.9. The number of ether oxygens (including phenoxy) is 2. The summed E-state index contributed by atoms with van der Waals surface area (Å²) in [4.78, 5) is 29.5. The van der Waals surface area contributed by atoms with Gasteiger partial charge in [0.25, 0.3) is 5.91 Å². The number of amides is 1. The van der Waals surface area contributed by atoms with Crippen molar-refractivity contribution in [2.45, 2.75) is 18.8 Å². The normalized spacial score (nSPS) is 14.4. The SMILES string of the molecule is COc1ccccc1CCNC(=O)c1ccc2c(c1)CC(c1nc3cc(-c4ccnc(N)n4)ccc3[nH]1)CO2. The topological polar surface area (TPSA) is 128 Å². The summed E-state index contributed by atoms with van der Waals surface area (Å²) in [5.41, 5.74) is 11.8. The van der Waals surface area contributed by atoms with Crippen LogP contribution < -0.4 is 20.5 Å². The van der Waals surface area contributed by atoms with E-state index >= 15 is 0 Å². The molecule has 39 heavy (non-hydrogen) atoms. The standard InChI is InChI=1S/C30H28N6O3/c1-38-26-5-3-2-4-18(26)10-12-32-29(37)20-7-9-27-21(14-20)15-22(17-39-27)28-34-24-8-6-19(16-25(24)35-28)23-11-13-33-30(31)36-23/h2-9,11,13-14,16,22H,10,12,15,17H2,1H3,(H,32,37)(H,34,35)(H2,31,33,36). The first-order chi connectivity index (χ1) is 19.1. The van der Waals surface area contributed by atoms with Gasteiger partial charge in [0.2, 0.25) is 5.95 Å². The van der Waals surface area contributed by atoms with Gasteiger partial charge in [-0.2, -0.15) is 0 Å². The second kappa shape index (κ2) is 10.4. The zero-order valence-corrected chi connectivity index (χ0v) is 21.5. The van der Waals surface area contributed by atoms with Crippen LogP contribution in [0.4, 0.5) is 5.95 Å². The number of nitrogen functional groups attached to an aromatic ring is 1. The zero-order chi connectivity index (χ0) is 26.8. The quantitative estimate of drug-likeness (QED) is 0.292. The number of H-pyrrole nitrogens is 1. The number of para-hydroxylation sites is 1. The molecule has 3 aromatic carbocycles. The van der Waals surface area contributed by atoms with Gasteiger partial charge >= 0.3 is 0 Å². The molecule has 1 aliphatic rings. The van der Waals surface area contributed by atoms with Gasteiger partial charge in [-0.3, -0.25) is 4.79 Å². The van der Waals surface area contributed by atoms with Crippen LogP contribution in [-0.4, -0.2) is 46.1 Å². The van der Waals surface area contributed by atoms with Crippen LogP contribution in [0.3, 0.4) is 0 Å². The molecule has 196 valence electrons. The van der Waals surface area contributed by atoms with Crippen molar-refractivity contribution in [1.29, 1.82) is 0 Å². The molecule has 0 bridgehead atoms. The van der Waals surface area contributed by atoms with E-state index in [0.29, 0.717) is 31.6 Å². The summed E-state index contributed by atoms with van der Waals surface area (Å²) < 4.78 is 11.5. The highest BCUT2D eigenvalue weighted by Crippen LogP contribution is 2.33. The lowest BCUT2D eigenvalue weighted by atomic mass is 9.94. The molecular formula is C30H28N6O3. The molecule has 3 heterocycles. The second-order valence-corrected chi connectivity index (χ2v) is 9.51. The number of fused-ring (bicyclic) bond motifs is 2. The number of nitrogens with one attached hydrogen (secondary N) is 2. The summed E-state index contributed by atoms with van der Waals surface area (Å²) in [6.07, 6.45) is 3.04. The number of imidazole rings is 1. The molecule has 4 N–H and O–H groups in total. The Morgan fingerprint density at radius 2 is 2.03 bits per heavy atom. The Balaban J connectivity index is 1.15. The minimum absolute atomic E-state index is 0.0342. The summed E-state index contributed by atoms with van der Waals surface area (Å²) in [5.74, 6) is 2.63. The number of nitrogens with zero attached hydrogens (tertiary/aromatic N) is 3. The van der Waals surface area contributed by atoms with Gasteiger partial charge in [0.15, 0.2) is 0 Å². The van der Waals surface area contributed by atoms with E-state index in [2.05, 4.69) is 20.3 Å². The van der Waals surface area contributed by atoms with Crippen LogP contribution in [0.5, 0.6) is 11.5 Å². The average molecular weight is 521 g/mol. The van der Waals surface area contributed by atoms with Crippen LogP contribution in [-0.2, 0) is 12.8 Å². The number of rotatable bonds is 7. The molecule has 0 saturated heterocycles. The van der Waals surface area contributed by atoms with Gasteiger partial charge in [-0.25, -0.2) is 15.0 Å². The highest BCUT2D eigenvalue weighted by molar-refractivity contribution is 5.94. The predicted octanol–water partition coefficient (Wildman–Crippen LogP) is 4.30. The van der Waals surface area contributed by atoms with E-state index in [0.717, 1.165) is 50.7 Å². The number of nitrogens with two attached hydrogens (primary N) is 1. The average Bonchev–Trinajstić information content (AvgIpc) is 3.40. The Morgan fingerprint density at radius 1 is 1.13 bits per heavy atom. The van der Waals surface area contributed by atoms with Crippen molar-refractivity contribution in [2.24, 2.45) is 0 Å². The smallest absolute Gasteiger partial charge is 0.251 e. The molecule has 1 unspecified atom stereocenters. The number of methoxy groups -OCH3 is 1. The third-order valence-electron chi connectivity index (χ3n) is 6.96. The van der Waals surface area contributed by atoms with E-state index in [-0.39, 0.29) is 17.8 Å². The highest BCUT2D eigenvalue weighted by atomic mass is 16.5. The molecule has 2 aromatic heterocycles. The maximum Gasteiger partial charge on any atom is 0.251 e. The van der Waals surface area contributed by atoms with Gasteiger partial charge in [0, 0.05) is 23.9 Å². The van der Waals surface area contributed by atoms with Crippen LogP contribution in [0.2, 0.25) is 0 Å². The molecule has 5 aromatic rings. The molecule has 0 saturated carbocycles. The van der Waals surface area contributed by atoms with Gasteiger partial charge < -0.3 is 25.5 Å². The molecule has 1 aliphatic heterocycles. The fraction of sp³-hybridized carbons (Fsp3) is 0.200. The third kappa shape index (κ3) is 5.11. The van der Waals surface area contributed by atoms with Gasteiger partial charge in [-0.05, 0) is 66.4 Å². The molecule has 0 fully saturated rings. The summed E-state index contributed by atoms with van der Waals surface area (Å²) in [7, 11) is 1.65. The lowest BCUT2D eigenvalue weighted by molar-refractivity contribution is 0.0953. The maximum absolute atomic E-state index is 12.9. The number of carbonyl (C=O) groups is 1. The van der Waals surface area contributed by atoms with Crippen LogP contribution in [0.25, 0.3) is 22.3 Å². The summed E-state index contributed by atoms with van der Waals surface area (Å²) >= 11 is 0.